The lowest BCUT2D eigenvalue weighted by Gasteiger charge is -2.36. The molecular weight excluding hydrogens is 438 g/mol. The third-order valence-corrected chi connectivity index (χ3v) is 6.45. The Morgan fingerprint density at radius 3 is 2.31 bits per heavy atom. The number of hydrogen-bond donors (Lipinski definition) is 1. The molecule has 0 unspecified atom stereocenters. The van der Waals surface area contributed by atoms with Gasteiger partial charge in [0.15, 0.2) is 0 Å². The highest BCUT2D eigenvalue weighted by molar-refractivity contribution is 5.89. The average Bonchev–Trinajstić information content (AvgIpc) is 2.93. The number of fused-ring (bicyclic) bond motifs is 1. The second kappa shape index (κ2) is 9.97. The van der Waals surface area contributed by atoms with Crippen LogP contribution in [0.3, 0.4) is 0 Å². The molecule has 3 heterocycles. The van der Waals surface area contributed by atoms with Crippen LogP contribution in [0.4, 0.5) is 22.0 Å². The highest BCUT2D eigenvalue weighted by Gasteiger charge is 2.19. The number of nitrogens with zero attached hydrogens (tertiary/aromatic N) is 6. The van der Waals surface area contributed by atoms with Gasteiger partial charge in [-0.15, -0.1) is 0 Å². The van der Waals surface area contributed by atoms with E-state index in [1.165, 1.54) is 5.69 Å². The van der Waals surface area contributed by atoms with E-state index in [-0.39, 0.29) is 6.03 Å². The number of nitrogens with one attached hydrogen (secondary N) is 1. The number of urea groups is 1. The fourth-order valence-electron chi connectivity index (χ4n) is 4.19. The number of hydrogen-bond acceptors (Lipinski definition) is 6. The zero-order valence-corrected chi connectivity index (χ0v) is 20.1. The summed E-state index contributed by atoms with van der Waals surface area (Å²) in [6.07, 6.45) is 5.54. The average molecular weight is 468 g/mol. The lowest BCUT2D eigenvalue weighted by molar-refractivity contribution is 0.224. The molecule has 0 spiro atoms. The maximum Gasteiger partial charge on any atom is 0.321 e. The zero-order chi connectivity index (χ0) is 24.2. The summed E-state index contributed by atoms with van der Waals surface area (Å²) in [5.41, 5.74) is 5.85. The topological polar surface area (TPSA) is 77.5 Å². The predicted molar refractivity (Wildman–Crippen MR) is 141 cm³/mol. The van der Waals surface area contributed by atoms with Gasteiger partial charge in [0, 0.05) is 63.5 Å². The third-order valence-electron chi connectivity index (χ3n) is 6.45. The molecule has 8 nitrogen and oxygen atoms in total. The molecule has 0 saturated carbocycles. The molecule has 2 aromatic heterocycles. The van der Waals surface area contributed by atoms with Crippen LogP contribution in [0.5, 0.6) is 0 Å². The molecule has 5 rings (SSSR count). The second-order valence-electron chi connectivity index (χ2n) is 8.63. The maximum absolute atomic E-state index is 12.1. The van der Waals surface area contributed by atoms with Crippen molar-refractivity contribution in [3.05, 3.63) is 73.2 Å². The number of piperazine rings is 1. The Hall–Kier alpha value is -4.20. The van der Waals surface area contributed by atoms with Crippen LogP contribution in [-0.2, 0) is 0 Å². The molecule has 0 aliphatic carbocycles. The molecule has 2 amide bonds. The lowest BCUT2D eigenvalue weighted by Crippen LogP contribution is -2.46. The molecule has 1 fully saturated rings. The Labute approximate surface area is 205 Å². The van der Waals surface area contributed by atoms with E-state index in [9.17, 15) is 4.79 Å². The van der Waals surface area contributed by atoms with Crippen molar-refractivity contribution < 1.29 is 4.79 Å². The van der Waals surface area contributed by atoms with Gasteiger partial charge in [-0.3, -0.25) is 9.97 Å². The second-order valence-corrected chi connectivity index (χ2v) is 8.63. The first-order chi connectivity index (χ1) is 17.1. The van der Waals surface area contributed by atoms with Gasteiger partial charge in [-0.05, 0) is 54.4 Å². The van der Waals surface area contributed by atoms with Crippen LogP contribution in [0.25, 0.3) is 22.2 Å². The maximum atomic E-state index is 12.1. The van der Waals surface area contributed by atoms with Gasteiger partial charge < -0.3 is 20.0 Å². The summed E-state index contributed by atoms with van der Waals surface area (Å²) in [4.78, 5) is 32.1. The molecule has 178 valence electrons. The van der Waals surface area contributed by atoms with Crippen LogP contribution in [0.2, 0.25) is 0 Å². The van der Waals surface area contributed by atoms with E-state index < -0.39 is 0 Å². The highest BCUT2D eigenvalue weighted by Crippen LogP contribution is 2.26. The van der Waals surface area contributed by atoms with E-state index in [0.29, 0.717) is 6.54 Å². The van der Waals surface area contributed by atoms with Gasteiger partial charge in [0.25, 0.3) is 0 Å². The SMILES string of the molecule is CCN(C)C(=O)Nc1ccc(-c2ccc3ncc(N4CCN(c5ccncc5)CC4)nc3c2)cc1. The zero-order valence-electron chi connectivity index (χ0n) is 20.1. The molecule has 1 saturated heterocycles. The van der Waals surface area contributed by atoms with Crippen molar-refractivity contribution in [3.63, 3.8) is 0 Å². The summed E-state index contributed by atoms with van der Waals surface area (Å²) in [6.45, 7) is 6.25. The first-order valence-electron chi connectivity index (χ1n) is 11.9. The summed E-state index contributed by atoms with van der Waals surface area (Å²) in [5, 5.41) is 2.91. The molecule has 4 aromatic rings. The molecule has 0 bridgehead atoms. The molecule has 8 heteroatoms. The van der Waals surface area contributed by atoms with Crippen LogP contribution in [0.1, 0.15) is 6.92 Å². The van der Waals surface area contributed by atoms with Crippen molar-refractivity contribution >= 4 is 34.3 Å². The van der Waals surface area contributed by atoms with Gasteiger partial charge in [-0.1, -0.05) is 18.2 Å². The minimum atomic E-state index is -0.115. The standard InChI is InChI=1S/C27H29N7O/c1-3-32(2)27(35)30-22-7-4-20(5-8-22)21-6-9-24-25(18-21)31-26(19-29-24)34-16-14-33(15-17-34)23-10-12-28-13-11-23/h4-13,18-19H,3,14-17H2,1-2H3,(H,30,35). The van der Waals surface area contributed by atoms with Gasteiger partial charge in [0.1, 0.15) is 5.82 Å². The number of pyridine rings is 1. The predicted octanol–water partition coefficient (Wildman–Crippen LogP) is 4.50. The molecular formula is C27H29N7O. The van der Waals surface area contributed by atoms with Crippen LogP contribution in [-0.4, -0.2) is 65.7 Å². The van der Waals surface area contributed by atoms with Crippen LogP contribution in [0, 0.1) is 0 Å². The van der Waals surface area contributed by atoms with Crippen molar-refractivity contribution in [2.75, 3.05) is 54.9 Å². The number of benzene rings is 2. The van der Waals surface area contributed by atoms with E-state index in [1.54, 1.807) is 11.9 Å². The summed E-state index contributed by atoms with van der Waals surface area (Å²) in [6, 6.07) is 18.0. The fourth-order valence-corrected chi connectivity index (χ4v) is 4.19. The van der Waals surface area contributed by atoms with E-state index in [2.05, 4.69) is 49.4 Å². The summed E-state index contributed by atoms with van der Waals surface area (Å²) in [7, 11) is 1.77. The van der Waals surface area contributed by atoms with E-state index >= 15 is 0 Å². The van der Waals surface area contributed by atoms with Crippen molar-refractivity contribution in [2.45, 2.75) is 6.92 Å². The Balaban J connectivity index is 1.30. The summed E-state index contributed by atoms with van der Waals surface area (Å²) >= 11 is 0. The smallest absolute Gasteiger partial charge is 0.321 e. The van der Waals surface area contributed by atoms with Crippen LogP contribution >= 0.6 is 0 Å². The van der Waals surface area contributed by atoms with Gasteiger partial charge in [0.2, 0.25) is 0 Å². The van der Waals surface area contributed by atoms with Crippen molar-refractivity contribution in [1.29, 1.82) is 0 Å². The van der Waals surface area contributed by atoms with Crippen LogP contribution in [0.15, 0.2) is 73.2 Å². The van der Waals surface area contributed by atoms with Crippen molar-refractivity contribution in [2.24, 2.45) is 0 Å². The summed E-state index contributed by atoms with van der Waals surface area (Å²) in [5.74, 6) is 0.905. The number of carbonyl (C=O) groups excluding carboxylic acids is 1. The Morgan fingerprint density at radius 2 is 1.60 bits per heavy atom. The normalized spacial score (nSPS) is 13.7. The molecule has 0 radical (unpaired) electrons. The monoisotopic (exact) mass is 467 g/mol. The molecule has 1 N–H and O–H groups in total. The van der Waals surface area contributed by atoms with E-state index in [0.717, 1.165) is 59.8 Å². The highest BCUT2D eigenvalue weighted by atomic mass is 16.2. The molecule has 1 aliphatic rings. The fraction of sp³-hybridized carbons (Fsp3) is 0.259. The third kappa shape index (κ3) is 5.01. The van der Waals surface area contributed by atoms with E-state index in [1.807, 2.05) is 55.8 Å². The van der Waals surface area contributed by atoms with Crippen molar-refractivity contribution in [3.8, 4) is 11.1 Å². The Kier molecular flexibility index (Phi) is 6.43. The van der Waals surface area contributed by atoms with Gasteiger partial charge >= 0.3 is 6.03 Å². The first-order valence-corrected chi connectivity index (χ1v) is 11.9. The quantitative estimate of drug-likeness (QED) is 0.466. The number of carbonyl (C=O) groups is 1. The Bertz CT molecular complexity index is 1300. The van der Waals surface area contributed by atoms with Crippen LogP contribution < -0.4 is 15.1 Å². The van der Waals surface area contributed by atoms with Gasteiger partial charge in [-0.2, -0.15) is 0 Å². The van der Waals surface area contributed by atoms with Gasteiger partial charge in [0.05, 0.1) is 17.2 Å². The number of amides is 2. The molecule has 2 aromatic carbocycles. The number of rotatable bonds is 5. The van der Waals surface area contributed by atoms with Crippen molar-refractivity contribution in [1.82, 2.24) is 19.9 Å². The molecule has 1 aliphatic heterocycles. The number of aromatic nitrogens is 3. The van der Waals surface area contributed by atoms with E-state index in [4.69, 9.17) is 4.98 Å². The lowest BCUT2D eigenvalue weighted by atomic mass is 10.0. The minimum absolute atomic E-state index is 0.115. The Morgan fingerprint density at radius 1 is 0.914 bits per heavy atom. The molecule has 0 atom stereocenters. The van der Waals surface area contributed by atoms with Gasteiger partial charge in [-0.25, -0.2) is 9.78 Å². The number of anilines is 3. The largest absolute Gasteiger partial charge is 0.368 e. The minimum Gasteiger partial charge on any atom is -0.368 e. The molecule has 35 heavy (non-hydrogen) atoms. The first kappa shape index (κ1) is 22.6. The summed E-state index contributed by atoms with van der Waals surface area (Å²) < 4.78 is 0.